The first kappa shape index (κ1) is 13.0. The Morgan fingerprint density at radius 3 is 2.53 bits per heavy atom. The number of ether oxygens (including phenoxy) is 1. The minimum Gasteiger partial charge on any atom is -0.495 e. The lowest BCUT2D eigenvalue weighted by molar-refractivity contribution is -0.123. The Kier molecular flexibility index (Phi) is 4.48. The number of hydrogen-bond acceptors (Lipinski definition) is 1. The van der Waals surface area contributed by atoms with Crippen molar-refractivity contribution in [2.45, 2.75) is 12.6 Å². The van der Waals surface area contributed by atoms with Crippen LogP contribution in [0.25, 0.3) is 0 Å². The third kappa shape index (κ3) is 4.99. The van der Waals surface area contributed by atoms with Crippen LogP contribution < -0.4 is 4.74 Å². The van der Waals surface area contributed by atoms with Gasteiger partial charge in [0.25, 0.3) is 0 Å². The zero-order valence-corrected chi connectivity index (χ0v) is 9.06. The molecule has 1 aromatic rings. The van der Waals surface area contributed by atoms with Crippen LogP contribution in [0.5, 0.6) is 5.75 Å². The fraction of sp³-hybridized carbons (Fsp3) is 0.231. The van der Waals surface area contributed by atoms with Gasteiger partial charge in [-0.3, -0.25) is 0 Å². The first-order valence-electron chi connectivity index (χ1n) is 4.71. The van der Waals surface area contributed by atoms with Crippen molar-refractivity contribution < 1.29 is 17.9 Å². The van der Waals surface area contributed by atoms with E-state index in [1.54, 1.807) is 24.3 Å². The van der Waals surface area contributed by atoms with E-state index in [4.69, 9.17) is 4.74 Å². The zero-order valence-electron chi connectivity index (χ0n) is 9.06. The van der Waals surface area contributed by atoms with Crippen LogP contribution in [0.1, 0.15) is 12.0 Å². The average Bonchev–Trinajstić information content (AvgIpc) is 2.27. The molecule has 1 aromatic carbocycles. The predicted molar refractivity (Wildman–Crippen MR) is 58.3 cm³/mol. The number of para-hydroxylation sites is 1. The highest BCUT2D eigenvalue weighted by Gasteiger charge is 2.25. The maximum absolute atomic E-state index is 11.8. The van der Waals surface area contributed by atoms with E-state index in [1.165, 1.54) is 7.11 Å². The van der Waals surface area contributed by atoms with Crippen LogP contribution in [0.3, 0.4) is 0 Å². The number of rotatable bonds is 1. The topological polar surface area (TPSA) is 9.23 Å². The van der Waals surface area contributed by atoms with Crippen LogP contribution >= 0.6 is 0 Å². The quantitative estimate of drug-likeness (QED) is 0.683. The molecule has 0 bridgehead atoms. The molecule has 0 radical (unpaired) electrons. The summed E-state index contributed by atoms with van der Waals surface area (Å²) < 4.78 is 40.3. The van der Waals surface area contributed by atoms with Crippen LogP contribution in [-0.2, 0) is 0 Å². The second-order valence-corrected chi connectivity index (χ2v) is 3.04. The highest BCUT2D eigenvalue weighted by atomic mass is 19.4. The third-order valence-electron chi connectivity index (χ3n) is 1.74. The molecular weight excluding hydrogens is 229 g/mol. The molecule has 0 spiro atoms. The van der Waals surface area contributed by atoms with Gasteiger partial charge < -0.3 is 4.74 Å². The van der Waals surface area contributed by atoms with Gasteiger partial charge in [-0.2, -0.15) is 13.2 Å². The standard InChI is InChI=1S/C13H9F3O/c1-17-12-9-5-4-8-11(12)7-3-2-6-10-13(14,15)16/h4-5,8-9H,10H2,1H3. The molecule has 0 aliphatic rings. The van der Waals surface area contributed by atoms with Gasteiger partial charge in [0.05, 0.1) is 12.7 Å². The van der Waals surface area contributed by atoms with Crippen LogP contribution in [-0.4, -0.2) is 13.3 Å². The van der Waals surface area contributed by atoms with Crippen molar-refractivity contribution in [3.63, 3.8) is 0 Å². The summed E-state index contributed by atoms with van der Waals surface area (Å²) in [7, 11) is 1.50. The molecule has 0 heterocycles. The molecule has 0 unspecified atom stereocenters. The molecule has 0 N–H and O–H groups in total. The molecule has 0 aliphatic heterocycles. The first-order chi connectivity index (χ1) is 8.03. The molecule has 0 atom stereocenters. The number of benzene rings is 1. The van der Waals surface area contributed by atoms with E-state index in [0.29, 0.717) is 11.3 Å². The van der Waals surface area contributed by atoms with E-state index in [9.17, 15) is 13.2 Å². The SMILES string of the molecule is COc1ccccc1C#CC#CCC(F)(F)F. The van der Waals surface area contributed by atoms with Crippen LogP contribution in [0.2, 0.25) is 0 Å². The van der Waals surface area contributed by atoms with Crippen molar-refractivity contribution in [3.8, 4) is 29.4 Å². The fourth-order valence-corrected chi connectivity index (χ4v) is 1.04. The van der Waals surface area contributed by atoms with Crippen molar-refractivity contribution in [2.24, 2.45) is 0 Å². The van der Waals surface area contributed by atoms with Gasteiger partial charge in [-0.15, -0.1) is 0 Å². The van der Waals surface area contributed by atoms with Gasteiger partial charge in [0.1, 0.15) is 12.2 Å². The fourth-order valence-electron chi connectivity index (χ4n) is 1.04. The van der Waals surface area contributed by atoms with Gasteiger partial charge in [-0.1, -0.05) is 18.1 Å². The van der Waals surface area contributed by atoms with Crippen LogP contribution in [0.4, 0.5) is 13.2 Å². The normalized spacial score (nSPS) is 9.65. The molecule has 4 heteroatoms. The van der Waals surface area contributed by atoms with E-state index < -0.39 is 12.6 Å². The van der Waals surface area contributed by atoms with E-state index >= 15 is 0 Å². The molecular formula is C13H9F3O. The summed E-state index contributed by atoms with van der Waals surface area (Å²) in [5.41, 5.74) is 0.594. The van der Waals surface area contributed by atoms with Crippen molar-refractivity contribution in [2.75, 3.05) is 7.11 Å². The Balaban J connectivity index is 2.72. The Hall–Kier alpha value is -2.07. The van der Waals surface area contributed by atoms with Gasteiger partial charge in [-0.05, 0) is 29.9 Å². The molecule has 0 saturated heterocycles. The maximum Gasteiger partial charge on any atom is 0.399 e. The summed E-state index contributed by atoms with van der Waals surface area (Å²) >= 11 is 0. The Labute approximate surface area is 97.6 Å². The van der Waals surface area contributed by atoms with Crippen molar-refractivity contribution in [3.05, 3.63) is 29.8 Å². The summed E-state index contributed by atoms with van der Waals surface area (Å²) in [6.45, 7) is 0. The van der Waals surface area contributed by atoms with E-state index in [0.717, 1.165) is 0 Å². The maximum atomic E-state index is 11.8. The Morgan fingerprint density at radius 1 is 1.18 bits per heavy atom. The number of alkyl halides is 3. The smallest absolute Gasteiger partial charge is 0.399 e. The minimum atomic E-state index is -4.26. The summed E-state index contributed by atoms with van der Waals surface area (Å²) in [5, 5.41) is 0. The van der Waals surface area contributed by atoms with Crippen LogP contribution in [0.15, 0.2) is 24.3 Å². The highest BCUT2D eigenvalue weighted by molar-refractivity contribution is 5.48. The number of methoxy groups -OCH3 is 1. The second kappa shape index (κ2) is 5.86. The monoisotopic (exact) mass is 238 g/mol. The first-order valence-corrected chi connectivity index (χ1v) is 4.71. The lowest BCUT2D eigenvalue weighted by atomic mass is 10.2. The number of hydrogen-bond donors (Lipinski definition) is 0. The largest absolute Gasteiger partial charge is 0.495 e. The summed E-state index contributed by atoms with van der Waals surface area (Å²) in [6, 6.07) is 6.96. The number of halogens is 3. The molecule has 0 fully saturated rings. The second-order valence-electron chi connectivity index (χ2n) is 3.04. The van der Waals surface area contributed by atoms with Crippen molar-refractivity contribution in [1.29, 1.82) is 0 Å². The molecule has 17 heavy (non-hydrogen) atoms. The molecule has 1 rings (SSSR count). The predicted octanol–water partition coefficient (Wildman–Crippen LogP) is 3.00. The van der Waals surface area contributed by atoms with E-state index in [2.05, 4.69) is 17.8 Å². The highest BCUT2D eigenvalue weighted by Crippen LogP contribution is 2.18. The molecule has 0 saturated carbocycles. The van der Waals surface area contributed by atoms with Crippen LogP contribution in [0, 0.1) is 23.7 Å². The average molecular weight is 238 g/mol. The lowest BCUT2D eigenvalue weighted by Gasteiger charge is -2.00. The molecule has 0 aliphatic carbocycles. The summed E-state index contributed by atoms with van der Waals surface area (Å²) in [4.78, 5) is 0. The van der Waals surface area contributed by atoms with Gasteiger partial charge in [0.2, 0.25) is 0 Å². The lowest BCUT2D eigenvalue weighted by Crippen LogP contribution is -2.04. The van der Waals surface area contributed by atoms with Gasteiger partial charge >= 0.3 is 6.18 Å². The van der Waals surface area contributed by atoms with Gasteiger partial charge in [-0.25, -0.2) is 0 Å². The zero-order chi connectivity index (χ0) is 12.7. The third-order valence-corrected chi connectivity index (χ3v) is 1.74. The van der Waals surface area contributed by atoms with E-state index in [1.807, 2.05) is 5.92 Å². The molecule has 1 nitrogen and oxygen atoms in total. The Morgan fingerprint density at radius 2 is 1.88 bits per heavy atom. The van der Waals surface area contributed by atoms with Gasteiger partial charge in [0, 0.05) is 0 Å². The summed E-state index contributed by atoms with van der Waals surface area (Å²) in [6.07, 6.45) is -5.41. The van der Waals surface area contributed by atoms with Gasteiger partial charge in [0.15, 0.2) is 0 Å². The molecule has 0 amide bonds. The Bertz CT molecular complexity index is 495. The molecule has 0 aromatic heterocycles. The summed E-state index contributed by atoms with van der Waals surface area (Å²) in [5.74, 6) is 9.66. The van der Waals surface area contributed by atoms with Crippen molar-refractivity contribution >= 4 is 0 Å². The van der Waals surface area contributed by atoms with E-state index in [-0.39, 0.29) is 0 Å². The van der Waals surface area contributed by atoms with Crippen molar-refractivity contribution in [1.82, 2.24) is 0 Å². The molecule has 88 valence electrons. The minimum absolute atomic E-state index is 0.567.